The van der Waals surface area contributed by atoms with Crippen LogP contribution in [0, 0.1) is 13.8 Å². The van der Waals surface area contributed by atoms with Crippen molar-refractivity contribution in [2.75, 3.05) is 10.6 Å². The Morgan fingerprint density at radius 1 is 0.926 bits per heavy atom. The van der Waals surface area contributed by atoms with Gasteiger partial charge in [-0.2, -0.15) is 5.10 Å². The van der Waals surface area contributed by atoms with Crippen molar-refractivity contribution in [2.45, 2.75) is 27.3 Å². The highest BCUT2D eigenvalue weighted by Crippen LogP contribution is 2.15. The molecule has 3 aromatic rings. The summed E-state index contributed by atoms with van der Waals surface area (Å²) in [5.74, 6) is -0.313. The number of aromatic nitrogens is 2. The van der Waals surface area contributed by atoms with Gasteiger partial charge in [-0.15, -0.1) is 0 Å². The topological polar surface area (TPSA) is 76.0 Å². The molecule has 3 rings (SSSR count). The summed E-state index contributed by atoms with van der Waals surface area (Å²) in [6.07, 6.45) is 0. The first-order chi connectivity index (χ1) is 12.9. The molecule has 2 N–H and O–H groups in total. The minimum Gasteiger partial charge on any atom is -0.326 e. The molecule has 1 aromatic heterocycles. The summed E-state index contributed by atoms with van der Waals surface area (Å²) in [5, 5.41) is 10.00. The first-order valence-corrected chi connectivity index (χ1v) is 8.70. The van der Waals surface area contributed by atoms with Gasteiger partial charge in [-0.25, -0.2) is 0 Å². The molecular weight excluding hydrogens is 340 g/mol. The van der Waals surface area contributed by atoms with Crippen LogP contribution in [-0.2, 0) is 11.3 Å². The van der Waals surface area contributed by atoms with E-state index in [2.05, 4.69) is 15.7 Å². The lowest BCUT2D eigenvalue weighted by atomic mass is 10.1. The third-order valence-corrected chi connectivity index (χ3v) is 4.11. The molecule has 6 heteroatoms. The Kier molecular flexibility index (Phi) is 5.35. The van der Waals surface area contributed by atoms with E-state index >= 15 is 0 Å². The molecule has 0 spiro atoms. The van der Waals surface area contributed by atoms with Crippen LogP contribution in [0.3, 0.4) is 0 Å². The molecular formula is C21H22N4O2. The van der Waals surface area contributed by atoms with Crippen molar-refractivity contribution in [3.05, 3.63) is 77.1 Å². The predicted octanol–water partition coefficient (Wildman–Crippen LogP) is 3.76. The van der Waals surface area contributed by atoms with Gasteiger partial charge in [0, 0.05) is 29.6 Å². The summed E-state index contributed by atoms with van der Waals surface area (Å²) in [5.41, 5.74) is 5.12. The Hall–Kier alpha value is -3.41. The number of aryl methyl sites for hydroxylation is 2. The maximum atomic E-state index is 12.4. The SMILES string of the molecule is CC(=O)Nc1ccc(NC(=O)c2ccc(Cn3nc(C)cc3C)cc2)cc1. The zero-order valence-electron chi connectivity index (χ0n) is 15.6. The summed E-state index contributed by atoms with van der Waals surface area (Å²) in [7, 11) is 0. The number of anilines is 2. The second kappa shape index (κ2) is 7.86. The maximum Gasteiger partial charge on any atom is 0.255 e. The van der Waals surface area contributed by atoms with Crippen molar-refractivity contribution in [1.82, 2.24) is 9.78 Å². The highest BCUT2D eigenvalue weighted by Gasteiger charge is 2.07. The van der Waals surface area contributed by atoms with Crippen LogP contribution in [-0.4, -0.2) is 21.6 Å². The first-order valence-electron chi connectivity index (χ1n) is 8.70. The van der Waals surface area contributed by atoms with Gasteiger partial charge in [0.15, 0.2) is 0 Å². The number of hydrogen-bond acceptors (Lipinski definition) is 3. The molecule has 0 unspecified atom stereocenters. The Morgan fingerprint density at radius 2 is 1.52 bits per heavy atom. The molecule has 0 saturated carbocycles. The number of nitrogens with zero attached hydrogens (tertiary/aromatic N) is 2. The molecule has 0 aliphatic rings. The Morgan fingerprint density at radius 3 is 2.04 bits per heavy atom. The molecule has 1 heterocycles. The van der Waals surface area contributed by atoms with E-state index in [0.717, 1.165) is 17.0 Å². The fourth-order valence-corrected chi connectivity index (χ4v) is 2.81. The average molecular weight is 362 g/mol. The van der Waals surface area contributed by atoms with Crippen molar-refractivity contribution in [3.63, 3.8) is 0 Å². The highest BCUT2D eigenvalue weighted by atomic mass is 16.2. The zero-order valence-corrected chi connectivity index (χ0v) is 15.6. The van der Waals surface area contributed by atoms with E-state index < -0.39 is 0 Å². The smallest absolute Gasteiger partial charge is 0.255 e. The van der Waals surface area contributed by atoms with Crippen molar-refractivity contribution in [1.29, 1.82) is 0 Å². The summed E-state index contributed by atoms with van der Waals surface area (Å²) >= 11 is 0. The Labute approximate surface area is 158 Å². The van der Waals surface area contributed by atoms with Crippen LogP contribution in [0.5, 0.6) is 0 Å². The second-order valence-corrected chi connectivity index (χ2v) is 6.49. The van der Waals surface area contributed by atoms with E-state index in [9.17, 15) is 9.59 Å². The van der Waals surface area contributed by atoms with E-state index in [0.29, 0.717) is 23.5 Å². The van der Waals surface area contributed by atoms with Crippen molar-refractivity contribution in [2.24, 2.45) is 0 Å². The largest absolute Gasteiger partial charge is 0.326 e. The van der Waals surface area contributed by atoms with E-state index in [1.807, 2.05) is 48.9 Å². The lowest BCUT2D eigenvalue weighted by Crippen LogP contribution is -2.12. The summed E-state index contributed by atoms with van der Waals surface area (Å²) < 4.78 is 1.95. The van der Waals surface area contributed by atoms with Gasteiger partial charge in [0.25, 0.3) is 5.91 Å². The predicted molar refractivity (Wildman–Crippen MR) is 106 cm³/mol. The Balaban J connectivity index is 1.63. The van der Waals surface area contributed by atoms with E-state index in [1.165, 1.54) is 6.92 Å². The summed E-state index contributed by atoms with van der Waals surface area (Å²) in [6, 6.07) is 16.5. The molecule has 6 nitrogen and oxygen atoms in total. The molecule has 27 heavy (non-hydrogen) atoms. The third-order valence-electron chi connectivity index (χ3n) is 4.11. The maximum absolute atomic E-state index is 12.4. The number of rotatable bonds is 5. The number of hydrogen-bond donors (Lipinski definition) is 2. The third kappa shape index (κ3) is 4.82. The normalized spacial score (nSPS) is 10.5. The van der Waals surface area contributed by atoms with E-state index in [4.69, 9.17) is 0 Å². The minimum atomic E-state index is -0.181. The summed E-state index contributed by atoms with van der Waals surface area (Å²) in [6.45, 7) is 6.12. The molecule has 0 aliphatic heterocycles. The molecule has 138 valence electrons. The standard InChI is InChI=1S/C21H22N4O2/c1-14-12-15(2)25(24-14)13-17-4-6-18(7-5-17)21(27)23-20-10-8-19(9-11-20)22-16(3)26/h4-12H,13H2,1-3H3,(H,22,26)(H,23,27). The molecule has 0 radical (unpaired) electrons. The van der Waals surface area contributed by atoms with Crippen molar-refractivity contribution in [3.8, 4) is 0 Å². The van der Waals surface area contributed by atoms with Gasteiger partial charge in [0.1, 0.15) is 0 Å². The Bertz CT molecular complexity index is 957. The number of carbonyl (C=O) groups excluding carboxylic acids is 2. The van der Waals surface area contributed by atoms with E-state index in [1.54, 1.807) is 24.3 Å². The van der Waals surface area contributed by atoms with Gasteiger partial charge in [-0.1, -0.05) is 12.1 Å². The van der Waals surface area contributed by atoms with Gasteiger partial charge in [0.2, 0.25) is 5.91 Å². The monoisotopic (exact) mass is 362 g/mol. The number of amides is 2. The molecule has 0 atom stereocenters. The van der Waals surface area contributed by atoms with Gasteiger partial charge in [0.05, 0.1) is 12.2 Å². The highest BCUT2D eigenvalue weighted by molar-refractivity contribution is 6.04. The molecule has 0 aliphatic carbocycles. The van der Waals surface area contributed by atoms with Crippen LogP contribution < -0.4 is 10.6 Å². The van der Waals surface area contributed by atoms with Gasteiger partial charge in [-0.05, 0) is 61.9 Å². The number of nitrogens with one attached hydrogen (secondary N) is 2. The molecule has 0 bridgehead atoms. The van der Waals surface area contributed by atoms with Crippen LogP contribution in [0.1, 0.15) is 34.2 Å². The fraction of sp³-hybridized carbons (Fsp3) is 0.190. The minimum absolute atomic E-state index is 0.132. The first kappa shape index (κ1) is 18.4. The second-order valence-electron chi connectivity index (χ2n) is 6.49. The number of carbonyl (C=O) groups is 2. The van der Waals surface area contributed by atoms with Crippen LogP contribution in [0.4, 0.5) is 11.4 Å². The molecule has 2 aromatic carbocycles. The molecule has 0 saturated heterocycles. The van der Waals surface area contributed by atoms with Gasteiger partial charge < -0.3 is 10.6 Å². The average Bonchev–Trinajstić information content (AvgIpc) is 2.94. The van der Waals surface area contributed by atoms with Crippen molar-refractivity contribution < 1.29 is 9.59 Å². The van der Waals surface area contributed by atoms with Crippen molar-refractivity contribution >= 4 is 23.2 Å². The van der Waals surface area contributed by atoms with Crippen LogP contribution in [0.15, 0.2) is 54.6 Å². The van der Waals surface area contributed by atoms with Crippen LogP contribution in [0.2, 0.25) is 0 Å². The quantitative estimate of drug-likeness (QED) is 0.726. The van der Waals surface area contributed by atoms with Crippen LogP contribution >= 0.6 is 0 Å². The molecule has 0 fully saturated rings. The van der Waals surface area contributed by atoms with E-state index in [-0.39, 0.29) is 11.8 Å². The summed E-state index contributed by atoms with van der Waals surface area (Å²) in [4.78, 5) is 23.4. The number of benzene rings is 2. The van der Waals surface area contributed by atoms with Gasteiger partial charge in [-0.3, -0.25) is 14.3 Å². The fourth-order valence-electron chi connectivity index (χ4n) is 2.81. The lowest BCUT2D eigenvalue weighted by molar-refractivity contribution is -0.114. The van der Waals surface area contributed by atoms with Gasteiger partial charge >= 0.3 is 0 Å². The lowest BCUT2D eigenvalue weighted by Gasteiger charge is -2.08. The van der Waals surface area contributed by atoms with Crippen LogP contribution in [0.25, 0.3) is 0 Å². The zero-order chi connectivity index (χ0) is 19.4. The molecule has 2 amide bonds.